The fraction of sp³-hybridized carbons (Fsp3) is 0.300. The number of benzene rings is 1. The molecule has 0 heterocycles. The highest BCUT2D eigenvalue weighted by Gasteiger charge is 2.18. The van der Waals surface area contributed by atoms with Crippen LogP contribution < -0.4 is 5.73 Å². The summed E-state index contributed by atoms with van der Waals surface area (Å²) in [7, 11) is 1.26. The molecule has 0 aliphatic rings. The van der Waals surface area contributed by atoms with Crippen LogP contribution in [0.5, 0.6) is 5.75 Å². The highest BCUT2D eigenvalue weighted by Crippen LogP contribution is 2.35. The predicted octanol–water partition coefficient (Wildman–Crippen LogP) is 2.26. The molecule has 1 aromatic rings. The van der Waals surface area contributed by atoms with E-state index in [1.54, 1.807) is 0 Å². The molecule has 0 fully saturated rings. The van der Waals surface area contributed by atoms with E-state index in [2.05, 4.69) is 4.74 Å². The maximum atomic E-state index is 11.0. The van der Waals surface area contributed by atoms with Crippen molar-refractivity contribution in [1.29, 1.82) is 0 Å². The third kappa shape index (κ3) is 3.01. The Kier molecular flexibility index (Phi) is 4.41. The summed E-state index contributed by atoms with van der Waals surface area (Å²) >= 11 is 11.5. The number of carbonyl (C=O) groups is 1. The van der Waals surface area contributed by atoms with Crippen molar-refractivity contribution >= 4 is 29.2 Å². The summed E-state index contributed by atoms with van der Waals surface area (Å²) in [6.45, 7) is 0. The lowest BCUT2D eigenvalue weighted by molar-refractivity contribution is -0.141. The van der Waals surface area contributed by atoms with Gasteiger partial charge in [0.15, 0.2) is 0 Å². The fourth-order valence-electron chi connectivity index (χ4n) is 1.24. The lowest BCUT2D eigenvalue weighted by Crippen LogP contribution is -2.16. The molecule has 0 unspecified atom stereocenters. The van der Waals surface area contributed by atoms with Crippen LogP contribution in [-0.4, -0.2) is 18.2 Å². The van der Waals surface area contributed by atoms with Gasteiger partial charge in [-0.15, -0.1) is 0 Å². The number of halogens is 2. The van der Waals surface area contributed by atoms with Crippen LogP contribution in [0.1, 0.15) is 18.0 Å². The van der Waals surface area contributed by atoms with Gasteiger partial charge in [-0.3, -0.25) is 4.79 Å². The van der Waals surface area contributed by atoms with Crippen molar-refractivity contribution in [3.8, 4) is 5.75 Å². The first-order valence-corrected chi connectivity index (χ1v) is 5.21. The Bertz CT molecular complexity index is 409. The van der Waals surface area contributed by atoms with Gasteiger partial charge in [0.2, 0.25) is 0 Å². The molecule has 0 radical (unpaired) electrons. The number of methoxy groups -OCH3 is 1. The molecule has 0 saturated heterocycles. The third-order valence-corrected chi connectivity index (χ3v) is 2.58. The molecule has 0 spiro atoms. The van der Waals surface area contributed by atoms with Gasteiger partial charge in [0.1, 0.15) is 5.75 Å². The molecule has 1 atom stereocenters. The van der Waals surface area contributed by atoms with Gasteiger partial charge in [-0.1, -0.05) is 23.2 Å². The SMILES string of the molecule is COC(=O)C[C@@H](N)c1cc(Cl)cc(Cl)c1O. The van der Waals surface area contributed by atoms with Gasteiger partial charge in [0.05, 0.1) is 18.6 Å². The van der Waals surface area contributed by atoms with Crippen molar-refractivity contribution < 1.29 is 14.6 Å². The first-order chi connectivity index (χ1) is 7.45. The monoisotopic (exact) mass is 263 g/mol. The first-order valence-electron chi connectivity index (χ1n) is 4.46. The number of hydrogen-bond donors (Lipinski definition) is 2. The van der Waals surface area contributed by atoms with Crippen molar-refractivity contribution in [2.24, 2.45) is 5.73 Å². The molecule has 0 aliphatic heterocycles. The fourth-order valence-corrected chi connectivity index (χ4v) is 1.75. The predicted molar refractivity (Wildman–Crippen MR) is 61.7 cm³/mol. The highest BCUT2D eigenvalue weighted by atomic mass is 35.5. The zero-order valence-corrected chi connectivity index (χ0v) is 10.0. The number of esters is 1. The second-order valence-electron chi connectivity index (χ2n) is 3.21. The van der Waals surface area contributed by atoms with Crippen LogP contribution in [0.25, 0.3) is 0 Å². The van der Waals surface area contributed by atoms with Crippen LogP contribution in [0.15, 0.2) is 12.1 Å². The molecule has 0 aromatic heterocycles. The standard InChI is InChI=1S/C10H11Cl2NO3/c1-16-9(14)4-8(13)6-2-5(11)3-7(12)10(6)15/h2-3,8,15H,4,13H2,1H3/t8-/m1/s1. The minimum atomic E-state index is -0.705. The van der Waals surface area contributed by atoms with Crippen molar-refractivity contribution in [2.75, 3.05) is 7.11 Å². The zero-order chi connectivity index (χ0) is 12.3. The van der Waals surface area contributed by atoms with Crippen LogP contribution in [0, 0.1) is 0 Å². The van der Waals surface area contributed by atoms with E-state index < -0.39 is 12.0 Å². The molecule has 16 heavy (non-hydrogen) atoms. The van der Waals surface area contributed by atoms with Gasteiger partial charge in [0.25, 0.3) is 0 Å². The number of phenolic OH excluding ortho intramolecular Hbond substituents is 1. The van der Waals surface area contributed by atoms with Crippen molar-refractivity contribution in [3.05, 3.63) is 27.7 Å². The number of ether oxygens (including phenoxy) is 1. The maximum absolute atomic E-state index is 11.0. The number of hydrogen-bond acceptors (Lipinski definition) is 4. The molecule has 4 nitrogen and oxygen atoms in total. The van der Waals surface area contributed by atoms with Crippen molar-refractivity contribution in [3.63, 3.8) is 0 Å². The van der Waals surface area contributed by atoms with E-state index in [1.807, 2.05) is 0 Å². The summed E-state index contributed by atoms with van der Waals surface area (Å²) < 4.78 is 4.48. The summed E-state index contributed by atoms with van der Waals surface area (Å²) in [4.78, 5) is 11.0. The Morgan fingerprint density at radius 2 is 2.19 bits per heavy atom. The van der Waals surface area contributed by atoms with Gasteiger partial charge in [-0.25, -0.2) is 0 Å². The number of nitrogens with two attached hydrogens (primary N) is 1. The van der Waals surface area contributed by atoms with Crippen molar-refractivity contribution in [2.45, 2.75) is 12.5 Å². The normalized spacial score (nSPS) is 12.2. The van der Waals surface area contributed by atoms with Gasteiger partial charge < -0.3 is 15.6 Å². The topological polar surface area (TPSA) is 72.5 Å². The van der Waals surface area contributed by atoms with E-state index in [-0.39, 0.29) is 17.2 Å². The summed E-state index contributed by atoms with van der Waals surface area (Å²) in [5, 5.41) is 10.1. The highest BCUT2D eigenvalue weighted by molar-refractivity contribution is 6.35. The average molecular weight is 264 g/mol. The molecule has 0 aliphatic carbocycles. The average Bonchev–Trinajstić information content (AvgIpc) is 2.22. The molecule has 0 bridgehead atoms. The number of phenols is 1. The van der Waals surface area contributed by atoms with Crippen LogP contribution >= 0.6 is 23.2 Å². The Hall–Kier alpha value is -0.970. The largest absolute Gasteiger partial charge is 0.506 e. The van der Waals surface area contributed by atoms with Crippen LogP contribution in [0.2, 0.25) is 10.0 Å². The van der Waals surface area contributed by atoms with E-state index in [9.17, 15) is 9.90 Å². The Morgan fingerprint density at radius 3 is 2.75 bits per heavy atom. The lowest BCUT2D eigenvalue weighted by Gasteiger charge is -2.13. The molecular weight excluding hydrogens is 253 g/mol. The molecule has 88 valence electrons. The quantitative estimate of drug-likeness (QED) is 0.821. The minimum Gasteiger partial charge on any atom is -0.506 e. The Morgan fingerprint density at radius 1 is 1.56 bits per heavy atom. The molecule has 3 N–H and O–H groups in total. The van der Waals surface area contributed by atoms with E-state index in [0.717, 1.165) is 0 Å². The number of carbonyl (C=O) groups excluding carboxylic acids is 1. The van der Waals surface area contributed by atoms with E-state index >= 15 is 0 Å². The summed E-state index contributed by atoms with van der Waals surface area (Å²) in [5.74, 6) is -0.634. The maximum Gasteiger partial charge on any atom is 0.307 e. The number of rotatable bonds is 3. The lowest BCUT2D eigenvalue weighted by atomic mass is 10.0. The van der Waals surface area contributed by atoms with E-state index in [1.165, 1.54) is 19.2 Å². The van der Waals surface area contributed by atoms with Crippen LogP contribution in [0.4, 0.5) is 0 Å². The molecule has 0 saturated carbocycles. The summed E-state index contributed by atoms with van der Waals surface area (Å²) in [6.07, 6.45) is -0.0548. The van der Waals surface area contributed by atoms with E-state index in [4.69, 9.17) is 28.9 Å². The molecule has 1 rings (SSSR count). The second kappa shape index (κ2) is 5.39. The second-order valence-corrected chi connectivity index (χ2v) is 4.06. The molecule has 0 amide bonds. The molecule has 6 heteroatoms. The molecular formula is C10H11Cl2NO3. The number of aromatic hydroxyl groups is 1. The summed E-state index contributed by atoms with van der Waals surface area (Å²) in [6, 6.07) is 2.16. The van der Waals surface area contributed by atoms with Crippen LogP contribution in [-0.2, 0) is 9.53 Å². The van der Waals surface area contributed by atoms with Gasteiger partial charge >= 0.3 is 5.97 Å². The minimum absolute atomic E-state index is 0.0548. The Balaban J connectivity index is 2.99. The smallest absolute Gasteiger partial charge is 0.307 e. The molecule has 1 aromatic carbocycles. The summed E-state index contributed by atoms with van der Waals surface area (Å²) in [5.41, 5.74) is 6.05. The Labute approximate surface area is 103 Å². The van der Waals surface area contributed by atoms with Gasteiger partial charge in [-0.05, 0) is 12.1 Å². The zero-order valence-electron chi connectivity index (χ0n) is 8.54. The third-order valence-electron chi connectivity index (χ3n) is 2.07. The van der Waals surface area contributed by atoms with Gasteiger partial charge in [-0.2, -0.15) is 0 Å². The first kappa shape index (κ1) is 13.1. The van der Waals surface area contributed by atoms with Crippen LogP contribution in [0.3, 0.4) is 0 Å². The van der Waals surface area contributed by atoms with E-state index in [0.29, 0.717) is 10.6 Å². The van der Waals surface area contributed by atoms with Gasteiger partial charge in [0, 0.05) is 16.6 Å². The van der Waals surface area contributed by atoms with Crippen molar-refractivity contribution in [1.82, 2.24) is 0 Å².